The highest BCUT2D eigenvalue weighted by molar-refractivity contribution is 5.74. The molecule has 0 aliphatic carbocycles. The van der Waals surface area contributed by atoms with Crippen LogP contribution >= 0.6 is 0 Å². The Labute approximate surface area is 128 Å². The van der Waals surface area contributed by atoms with Gasteiger partial charge in [-0.1, -0.05) is 0 Å². The van der Waals surface area contributed by atoms with E-state index in [-0.39, 0.29) is 31.0 Å². The van der Waals surface area contributed by atoms with Gasteiger partial charge >= 0.3 is 6.03 Å². The first kappa shape index (κ1) is 16.5. The predicted molar refractivity (Wildman–Crippen MR) is 78.9 cm³/mol. The molecule has 2 N–H and O–H groups in total. The largest absolute Gasteiger partial charge is 0.492 e. The summed E-state index contributed by atoms with van der Waals surface area (Å²) >= 11 is 0. The van der Waals surface area contributed by atoms with Crippen LogP contribution < -0.4 is 15.4 Å². The van der Waals surface area contributed by atoms with Gasteiger partial charge in [0.15, 0.2) is 11.6 Å². The van der Waals surface area contributed by atoms with Gasteiger partial charge in [0.25, 0.3) is 0 Å². The highest BCUT2D eigenvalue weighted by Crippen LogP contribution is 2.15. The fraction of sp³-hybridized carbons (Fsp3) is 0.533. The van der Waals surface area contributed by atoms with E-state index in [0.717, 1.165) is 38.1 Å². The summed E-state index contributed by atoms with van der Waals surface area (Å²) in [5.41, 5.74) is 0. The molecule has 7 heteroatoms. The van der Waals surface area contributed by atoms with Crippen molar-refractivity contribution in [1.82, 2.24) is 15.5 Å². The lowest BCUT2D eigenvalue weighted by atomic mass is 10.1. The molecule has 1 aromatic rings. The average Bonchev–Trinajstić information content (AvgIpc) is 2.49. The molecule has 0 aromatic heterocycles. The number of nitrogens with one attached hydrogen (secondary N) is 2. The molecule has 1 aromatic carbocycles. The maximum absolute atomic E-state index is 13.0. The van der Waals surface area contributed by atoms with Crippen molar-refractivity contribution in [3.05, 3.63) is 29.8 Å². The molecule has 5 nitrogen and oxygen atoms in total. The number of carbonyl (C=O) groups is 1. The first-order chi connectivity index (χ1) is 10.5. The first-order valence-electron chi connectivity index (χ1n) is 7.35. The van der Waals surface area contributed by atoms with Crippen LogP contribution in [0.3, 0.4) is 0 Å². The van der Waals surface area contributed by atoms with Crippen molar-refractivity contribution < 1.29 is 18.3 Å². The molecule has 0 atom stereocenters. The highest BCUT2D eigenvalue weighted by Gasteiger charge is 2.17. The predicted octanol–water partition coefficient (Wildman–Crippen LogP) is 1.74. The average molecular weight is 313 g/mol. The Bertz CT molecular complexity index is 506. The van der Waals surface area contributed by atoms with E-state index in [1.165, 1.54) is 6.07 Å². The van der Waals surface area contributed by atoms with Gasteiger partial charge in [-0.3, -0.25) is 0 Å². The van der Waals surface area contributed by atoms with Gasteiger partial charge in [-0.05, 0) is 45.1 Å². The molecule has 0 bridgehead atoms. The normalized spacial score (nSPS) is 16.3. The maximum atomic E-state index is 13.0. The summed E-state index contributed by atoms with van der Waals surface area (Å²) < 4.78 is 30.9. The van der Waals surface area contributed by atoms with Crippen LogP contribution in [0.25, 0.3) is 0 Å². The van der Waals surface area contributed by atoms with Crippen LogP contribution in [0.1, 0.15) is 12.8 Å². The molecule has 2 amide bonds. The van der Waals surface area contributed by atoms with E-state index in [0.29, 0.717) is 0 Å². The van der Waals surface area contributed by atoms with E-state index < -0.39 is 11.6 Å². The number of piperidine rings is 1. The number of benzene rings is 1. The van der Waals surface area contributed by atoms with Gasteiger partial charge in [-0.25, -0.2) is 13.6 Å². The van der Waals surface area contributed by atoms with E-state index in [4.69, 9.17) is 4.74 Å². The summed E-state index contributed by atoms with van der Waals surface area (Å²) in [5.74, 6) is -1.63. The molecule has 1 aliphatic rings. The quantitative estimate of drug-likeness (QED) is 0.814. The third-order valence-corrected chi connectivity index (χ3v) is 3.60. The molecular formula is C15H21F2N3O2. The van der Waals surface area contributed by atoms with Gasteiger partial charge in [0.1, 0.15) is 12.4 Å². The van der Waals surface area contributed by atoms with Crippen LogP contribution in [-0.2, 0) is 0 Å². The summed E-state index contributed by atoms with van der Waals surface area (Å²) in [6.45, 7) is 2.43. The number of carbonyl (C=O) groups excluding carboxylic acids is 1. The third-order valence-electron chi connectivity index (χ3n) is 3.60. The lowest BCUT2D eigenvalue weighted by molar-refractivity contribution is 0.211. The van der Waals surface area contributed by atoms with Crippen LogP contribution in [0.15, 0.2) is 18.2 Å². The Kier molecular flexibility index (Phi) is 5.94. The van der Waals surface area contributed by atoms with Gasteiger partial charge in [-0.2, -0.15) is 0 Å². The number of likely N-dealkylation sites (tertiary alicyclic amines) is 1. The van der Waals surface area contributed by atoms with Gasteiger partial charge in [0, 0.05) is 12.1 Å². The number of hydrogen-bond donors (Lipinski definition) is 2. The molecule has 1 aliphatic heterocycles. The van der Waals surface area contributed by atoms with Crippen LogP contribution in [-0.4, -0.2) is 50.3 Å². The first-order valence-corrected chi connectivity index (χ1v) is 7.35. The topological polar surface area (TPSA) is 53.6 Å². The summed E-state index contributed by atoms with van der Waals surface area (Å²) in [6, 6.07) is 3.29. The molecule has 1 fully saturated rings. The fourth-order valence-electron chi connectivity index (χ4n) is 2.29. The minimum absolute atomic E-state index is 0.186. The van der Waals surface area contributed by atoms with Crippen molar-refractivity contribution in [3.8, 4) is 5.75 Å². The molecule has 0 unspecified atom stereocenters. The van der Waals surface area contributed by atoms with Gasteiger partial charge in [-0.15, -0.1) is 0 Å². The molecule has 2 rings (SSSR count). The highest BCUT2D eigenvalue weighted by atomic mass is 19.2. The molecule has 0 radical (unpaired) electrons. The minimum atomic E-state index is -0.953. The molecule has 22 heavy (non-hydrogen) atoms. The van der Waals surface area contributed by atoms with Crippen LogP contribution in [0.2, 0.25) is 0 Å². The van der Waals surface area contributed by atoms with E-state index in [9.17, 15) is 13.6 Å². The van der Waals surface area contributed by atoms with Crippen molar-refractivity contribution in [2.45, 2.75) is 18.9 Å². The van der Waals surface area contributed by atoms with E-state index >= 15 is 0 Å². The number of urea groups is 1. The zero-order chi connectivity index (χ0) is 15.9. The van der Waals surface area contributed by atoms with Gasteiger partial charge < -0.3 is 20.3 Å². The van der Waals surface area contributed by atoms with E-state index in [2.05, 4.69) is 22.6 Å². The summed E-state index contributed by atoms with van der Waals surface area (Å²) in [6.07, 6.45) is 1.88. The zero-order valence-corrected chi connectivity index (χ0v) is 12.6. The number of ether oxygens (including phenoxy) is 1. The summed E-state index contributed by atoms with van der Waals surface area (Å²) in [7, 11) is 2.06. The van der Waals surface area contributed by atoms with Crippen LogP contribution in [0, 0.1) is 11.6 Å². The molecule has 122 valence electrons. The molecule has 1 saturated heterocycles. The summed E-state index contributed by atoms with van der Waals surface area (Å²) in [4.78, 5) is 13.9. The van der Waals surface area contributed by atoms with Crippen molar-refractivity contribution in [2.75, 3.05) is 33.3 Å². The Morgan fingerprint density at radius 1 is 1.32 bits per heavy atom. The zero-order valence-electron chi connectivity index (χ0n) is 12.6. The monoisotopic (exact) mass is 313 g/mol. The molecular weight excluding hydrogens is 292 g/mol. The van der Waals surface area contributed by atoms with Crippen molar-refractivity contribution in [3.63, 3.8) is 0 Å². The lowest BCUT2D eigenvalue weighted by Crippen LogP contribution is -2.47. The maximum Gasteiger partial charge on any atom is 0.315 e. The molecule has 0 saturated carbocycles. The second kappa shape index (κ2) is 7.93. The van der Waals surface area contributed by atoms with Crippen LogP contribution in [0.5, 0.6) is 5.75 Å². The Morgan fingerprint density at radius 3 is 2.73 bits per heavy atom. The molecule has 1 heterocycles. The standard InChI is InChI=1S/C15H21F2N3O2/c1-20-7-4-11(5-8-20)19-15(21)18-6-9-22-12-2-3-13(16)14(17)10-12/h2-3,10-11H,4-9H2,1H3,(H2,18,19,21). The second-order valence-electron chi connectivity index (χ2n) is 5.40. The minimum Gasteiger partial charge on any atom is -0.492 e. The Balaban J connectivity index is 1.61. The molecule has 0 spiro atoms. The number of halogens is 2. The summed E-state index contributed by atoms with van der Waals surface area (Å²) in [5, 5.41) is 5.59. The van der Waals surface area contributed by atoms with Crippen molar-refractivity contribution >= 4 is 6.03 Å². The Morgan fingerprint density at radius 2 is 2.05 bits per heavy atom. The van der Waals surface area contributed by atoms with Crippen LogP contribution in [0.4, 0.5) is 13.6 Å². The second-order valence-corrected chi connectivity index (χ2v) is 5.40. The van der Waals surface area contributed by atoms with E-state index in [1.807, 2.05) is 0 Å². The number of hydrogen-bond acceptors (Lipinski definition) is 3. The Hall–Kier alpha value is -1.89. The van der Waals surface area contributed by atoms with Gasteiger partial charge in [0.2, 0.25) is 0 Å². The SMILES string of the molecule is CN1CCC(NC(=O)NCCOc2ccc(F)c(F)c2)CC1. The lowest BCUT2D eigenvalue weighted by Gasteiger charge is -2.29. The smallest absolute Gasteiger partial charge is 0.315 e. The number of rotatable bonds is 5. The van der Waals surface area contributed by atoms with Crippen molar-refractivity contribution in [1.29, 1.82) is 0 Å². The fourth-order valence-corrected chi connectivity index (χ4v) is 2.29. The number of nitrogens with zero attached hydrogens (tertiary/aromatic N) is 1. The number of amides is 2. The van der Waals surface area contributed by atoms with E-state index in [1.54, 1.807) is 0 Å². The van der Waals surface area contributed by atoms with Gasteiger partial charge in [0.05, 0.1) is 6.54 Å². The third kappa shape index (κ3) is 5.14. The van der Waals surface area contributed by atoms with Crippen molar-refractivity contribution in [2.24, 2.45) is 0 Å².